The minimum Gasteiger partial charge on any atom is -0.399 e. The lowest BCUT2D eigenvalue weighted by Gasteiger charge is -2.04. The molecule has 0 N–H and O–H groups in total. The average Bonchev–Trinajstić information content (AvgIpc) is 1.91. The zero-order chi connectivity index (χ0) is 7.11. The standard InChI is InChI=1S/C4H9NO3Si/c1-7-9(8-2)4-5-3-6/h9H,4H2,1-2H3. The van der Waals surface area contributed by atoms with Crippen molar-refractivity contribution >= 4 is 15.4 Å². The Morgan fingerprint density at radius 1 is 1.56 bits per heavy atom. The molecular formula is C4H9NO3Si. The zero-order valence-electron chi connectivity index (χ0n) is 5.46. The van der Waals surface area contributed by atoms with Crippen molar-refractivity contribution in [2.45, 2.75) is 0 Å². The quantitative estimate of drug-likeness (QED) is 0.302. The first-order valence-corrected chi connectivity index (χ1v) is 4.20. The molecule has 0 unspecified atom stereocenters. The maximum Gasteiger partial charge on any atom is 0.344 e. The molecule has 0 aliphatic carbocycles. The fourth-order valence-electron chi connectivity index (χ4n) is 0.357. The van der Waals surface area contributed by atoms with Gasteiger partial charge in [-0.1, -0.05) is 0 Å². The Hall–Kier alpha value is -0.483. The first-order valence-electron chi connectivity index (χ1n) is 2.44. The number of carbonyl (C=O) groups excluding carboxylic acids is 1. The molecule has 0 rings (SSSR count). The summed E-state index contributed by atoms with van der Waals surface area (Å²) < 4.78 is 9.69. The highest BCUT2D eigenvalue weighted by atomic mass is 28.3. The maximum absolute atomic E-state index is 9.56. The van der Waals surface area contributed by atoms with Crippen LogP contribution >= 0.6 is 0 Å². The van der Waals surface area contributed by atoms with Crippen LogP contribution in [-0.2, 0) is 13.6 Å². The number of hydrogen-bond acceptors (Lipinski definition) is 4. The Bertz CT molecular complexity index is 108. The molecule has 0 aliphatic rings. The van der Waals surface area contributed by atoms with E-state index in [9.17, 15) is 4.79 Å². The van der Waals surface area contributed by atoms with E-state index in [4.69, 9.17) is 8.85 Å². The smallest absolute Gasteiger partial charge is 0.344 e. The zero-order valence-corrected chi connectivity index (χ0v) is 6.61. The van der Waals surface area contributed by atoms with E-state index >= 15 is 0 Å². The average molecular weight is 147 g/mol. The molecule has 0 amide bonds. The van der Waals surface area contributed by atoms with Gasteiger partial charge in [-0.25, -0.2) is 9.79 Å². The summed E-state index contributed by atoms with van der Waals surface area (Å²) in [6.07, 6.45) is 1.76. The molecule has 0 saturated carbocycles. The third-order valence-electron chi connectivity index (χ3n) is 0.831. The van der Waals surface area contributed by atoms with Gasteiger partial charge < -0.3 is 8.85 Å². The molecule has 0 heterocycles. The highest BCUT2D eigenvalue weighted by Gasteiger charge is 2.06. The third-order valence-corrected chi connectivity index (χ3v) is 2.36. The van der Waals surface area contributed by atoms with Crippen molar-refractivity contribution in [1.82, 2.24) is 0 Å². The number of aliphatic imine (C=N–C) groups is 1. The number of rotatable bonds is 4. The summed E-state index contributed by atoms with van der Waals surface area (Å²) in [5, 5.41) is 0. The van der Waals surface area contributed by atoms with Gasteiger partial charge in [-0.15, -0.1) is 0 Å². The van der Waals surface area contributed by atoms with Crippen LogP contribution in [0.3, 0.4) is 0 Å². The van der Waals surface area contributed by atoms with E-state index in [-0.39, 0.29) is 0 Å². The molecule has 0 fully saturated rings. The molecule has 0 aromatic carbocycles. The van der Waals surface area contributed by atoms with Gasteiger partial charge in [-0.3, -0.25) is 0 Å². The summed E-state index contributed by atoms with van der Waals surface area (Å²) in [5.74, 6) is 0. The van der Waals surface area contributed by atoms with E-state index in [1.165, 1.54) is 6.08 Å². The van der Waals surface area contributed by atoms with Crippen molar-refractivity contribution in [3.05, 3.63) is 0 Å². The molecule has 0 aromatic rings. The Morgan fingerprint density at radius 2 is 2.11 bits per heavy atom. The van der Waals surface area contributed by atoms with Gasteiger partial charge in [0, 0.05) is 14.2 Å². The topological polar surface area (TPSA) is 47.9 Å². The van der Waals surface area contributed by atoms with Crippen LogP contribution in [0.25, 0.3) is 0 Å². The molecule has 0 aliphatic heterocycles. The van der Waals surface area contributed by atoms with Gasteiger partial charge in [0.1, 0.15) is 0 Å². The first-order chi connectivity index (χ1) is 4.35. The second-order valence-electron chi connectivity index (χ2n) is 1.33. The number of nitrogens with zero attached hydrogens (tertiary/aromatic N) is 1. The molecule has 0 radical (unpaired) electrons. The van der Waals surface area contributed by atoms with Crippen LogP contribution < -0.4 is 0 Å². The maximum atomic E-state index is 9.56. The molecule has 0 saturated heterocycles. The van der Waals surface area contributed by atoms with Crippen molar-refractivity contribution in [2.24, 2.45) is 4.99 Å². The van der Waals surface area contributed by atoms with Crippen LogP contribution in [0.15, 0.2) is 4.99 Å². The molecule has 0 bridgehead atoms. The van der Waals surface area contributed by atoms with E-state index in [1.54, 1.807) is 14.2 Å². The SMILES string of the molecule is CO[SiH](CN=C=O)OC. The van der Waals surface area contributed by atoms with Crippen molar-refractivity contribution in [2.75, 3.05) is 20.4 Å². The molecule has 0 aromatic heterocycles. The van der Waals surface area contributed by atoms with E-state index in [2.05, 4.69) is 4.99 Å². The summed E-state index contributed by atoms with van der Waals surface area (Å²) in [6, 6.07) is 0. The first kappa shape index (κ1) is 8.52. The lowest BCUT2D eigenvalue weighted by atomic mass is 11.4. The summed E-state index contributed by atoms with van der Waals surface area (Å²) in [7, 11) is 1.45. The second-order valence-corrected chi connectivity index (χ2v) is 3.50. The predicted octanol–water partition coefficient (Wildman–Crippen LogP) is -0.625. The molecule has 9 heavy (non-hydrogen) atoms. The van der Waals surface area contributed by atoms with Gasteiger partial charge in [0.2, 0.25) is 6.08 Å². The van der Waals surface area contributed by atoms with Crippen LogP contribution in [0.4, 0.5) is 0 Å². The lowest BCUT2D eigenvalue weighted by molar-refractivity contribution is 0.279. The Kier molecular flexibility index (Phi) is 5.35. The van der Waals surface area contributed by atoms with Crippen molar-refractivity contribution in [3.8, 4) is 0 Å². The Morgan fingerprint density at radius 3 is 2.44 bits per heavy atom. The molecule has 0 atom stereocenters. The van der Waals surface area contributed by atoms with Gasteiger partial charge in [-0.05, 0) is 0 Å². The third kappa shape index (κ3) is 4.05. The molecule has 52 valence electrons. The highest BCUT2D eigenvalue weighted by Crippen LogP contribution is 1.83. The van der Waals surface area contributed by atoms with Gasteiger partial charge in [0.15, 0.2) is 0 Å². The van der Waals surface area contributed by atoms with E-state index in [0.717, 1.165) is 0 Å². The van der Waals surface area contributed by atoms with Crippen LogP contribution in [0.2, 0.25) is 0 Å². The minimum absolute atomic E-state index is 0.344. The van der Waals surface area contributed by atoms with Crippen molar-refractivity contribution < 1.29 is 13.6 Å². The van der Waals surface area contributed by atoms with Gasteiger partial charge >= 0.3 is 9.28 Å². The lowest BCUT2D eigenvalue weighted by Crippen LogP contribution is -2.23. The molecule has 4 nitrogen and oxygen atoms in total. The van der Waals surface area contributed by atoms with E-state index in [0.29, 0.717) is 6.17 Å². The van der Waals surface area contributed by atoms with Gasteiger partial charge in [0.05, 0.1) is 6.17 Å². The van der Waals surface area contributed by atoms with Crippen LogP contribution in [0.1, 0.15) is 0 Å². The number of hydrogen-bond donors (Lipinski definition) is 0. The Balaban J connectivity index is 3.42. The van der Waals surface area contributed by atoms with Crippen molar-refractivity contribution in [1.29, 1.82) is 0 Å². The van der Waals surface area contributed by atoms with Crippen LogP contribution in [0.5, 0.6) is 0 Å². The minimum atomic E-state index is -1.64. The summed E-state index contributed by atoms with van der Waals surface area (Å²) in [5.41, 5.74) is 0. The van der Waals surface area contributed by atoms with Crippen LogP contribution in [-0.4, -0.2) is 35.8 Å². The molecule has 5 heteroatoms. The van der Waals surface area contributed by atoms with Gasteiger partial charge in [-0.2, -0.15) is 0 Å². The Labute approximate surface area is 55.3 Å². The number of isocyanates is 1. The fourth-order valence-corrected chi connectivity index (χ4v) is 1.07. The van der Waals surface area contributed by atoms with Crippen LogP contribution in [0, 0.1) is 0 Å². The van der Waals surface area contributed by atoms with Crippen molar-refractivity contribution in [3.63, 3.8) is 0 Å². The van der Waals surface area contributed by atoms with Gasteiger partial charge in [0.25, 0.3) is 0 Å². The predicted molar refractivity (Wildman–Crippen MR) is 34.2 cm³/mol. The van der Waals surface area contributed by atoms with E-state index < -0.39 is 9.28 Å². The molecule has 0 spiro atoms. The fraction of sp³-hybridized carbons (Fsp3) is 0.750. The summed E-state index contributed by atoms with van der Waals surface area (Å²) in [4.78, 5) is 12.9. The monoisotopic (exact) mass is 147 g/mol. The second kappa shape index (κ2) is 5.65. The largest absolute Gasteiger partial charge is 0.399 e. The normalized spacial score (nSPS) is 9.22. The molecular weight excluding hydrogens is 138 g/mol. The highest BCUT2D eigenvalue weighted by molar-refractivity contribution is 6.44. The summed E-state index contributed by atoms with van der Waals surface area (Å²) >= 11 is 0. The summed E-state index contributed by atoms with van der Waals surface area (Å²) in [6.45, 7) is 0. The van der Waals surface area contributed by atoms with E-state index in [1.807, 2.05) is 0 Å².